The Kier molecular flexibility index (Phi) is 3.41. The minimum absolute atomic E-state index is 0.242. The Labute approximate surface area is 122 Å². The Morgan fingerprint density at radius 1 is 1.29 bits per heavy atom. The molecule has 1 aliphatic heterocycles. The summed E-state index contributed by atoms with van der Waals surface area (Å²) in [5, 5.41) is 39.4. The fraction of sp³-hybridized carbons (Fsp3) is 0.714. The molecule has 0 radical (unpaired) electrons. The Balaban J connectivity index is 2.77. The molecular weight excluding hydrogens is 272 g/mol. The van der Waals surface area contributed by atoms with Gasteiger partial charge in [-0.1, -0.05) is 6.42 Å². The van der Waals surface area contributed by atoms with Crippen molar-refractivity contribution in [3.63, 3.8) is 0 Å². The summed E-state index contributed by atoms with van der Waals surface area (Å²) in [6.45, 7) is 1.41. The lowest BCUT2D eigenvalue weighted by atomic mass is 9.50. The maximum Gasteiger partial charge on any atom is 0.241 e. The van der Waals surface area contributed by atoms with Crippen molar-refractivity contribution in [3.05, 3.63) is 0 Å². The molecule has 0 spiro atoms. The van der Waals surface area contributed by atoms with Gasteiger partial charge in [0.2, 0.25) is 5.91 Å². The van der Waals surface area contributed by atoms with E-state index in [0.29, 0.717) is 19.3 Å². The molecule has 0 unspecified atom stereocenters. The third-order valence-electron chi connectivity index (χ3n) is 4.88. The predicted molar refractivity (Wildman–Crippen MR) is 68.4 cm³/mol. The maximum atomic E-state index is 12.1. The van der Waals surface area contributed by atoms with Gasteiger partial charge < -0.3 is 15.6 Å². The van der Waals surface area contributed by atoms with Gasteiger partial charge in [-0.3, -0.25) is 4.79 Å². The lowest BCUT2D eigenvalue weighted by Crippen LogP contribution is -2.70. The van der Waals surface area contributed by atoms with Gasteiger partial charge in [0.05, 0.1) is 24.3 Å². The van der Waals surface area contributed by atoms with E-state index in [-0.39, 0.29) is 6.42 Å². The summed E-state index contributed by atoms with van der Waals surface area (Å²) in [5.41, 5.74) is 1.30. The first-order valence-electron chi connectivity index (χ1n) is 6.78. The van der Waals surface area contributed by atoms with Gasteiger partial charge in [-0.2, -0.15) is 15.8 Å². The smallest absolute Gasteiger partial charge is 0.241 e. The fourth-order valence-electron chi connectivity index (χ4n) is 3.78. The zero-order valence-corrected chi connectivity index (χ0v) is 11.7. The van der Waals surface area contributed by atoms with Crippen molar-refractivity contribution in [1.29, 1.82) is 15.8 Å². The molecule has 2 aliphatic rings. The Morgan fingerprint density at radius 3 is 2.38 bits per heavy atom. The van der Waals surface area contributed by atoms with E-state index in [1.54, 1.807) is 18.2 Å². The second-order valence-corrected chi connectivity index (χ2v) is 5.72. The average Bonchev–Trinajstić information content (AvgIpc) is 2.45. The zero-order chi connectivity index (χ0) is 15.9. The summed E-state index contributed by atoms with van der Waals surface area (Å²) in [6.07, 6.45) is 0.760. The first kappa shape index (κ1) is 15.3. The van der Waals surface area contributed by atoms with Gasteiger partial charge in [-0.05, 0) is 19.8 Å². The number of hydrogen-bond acceptors (Lipinski definition) is 6. The van der Waals surface area contributed by atoms with Crippen molar-refractivity contribution >= 4 is 5.91 Å². The van der Waals surface area contributed by atoms with Crippen molar-refractivity contribution in [2.45, 2.75) is 44.5 Å². The molecule has 1 saturated carbocycles. The normalized spacial score (nSPS) is 40.9. The largest absolute Gasteiger partial charge is 0.368 e. The Bertz CT molecular complexity index is 585. The molecule has 21 heavy (non-hydrogen) atoms. The molecule has 0 aromatic heterocycles. The molecule has 7 heteroatoms. The summed E-state index contributed by atoms with van der Waals surface area (Å²) in [4.78, 5) is 12.1. The van der Waals surface area contributed by atoms with E-state index in [4.69, 9.17) is 10.5 Å². The first-order valence-corrected chi connectivity index (χ1v) is 6.78. The Hall–Kier alpha value is -2.14. The van der Waals surface area contributed by atoms with Crippen LogP contribution in [0, 0.1) is 50.7 Å². The molecule has 4 atom stereocenters. The van der Waals surface area contributed by atoms with E-state index >= 15 is 0 Å². The van der Waals surface area contributed by atoms with Gasteiger partial charge in [0, 0.05) is 12.3 Å². The van der Waals surface area contributed by atoms with Crippen LogP contribution in [0.5, 0.6) is 0 Å². The number of fused-ring (bicyclic) bond motifs is 1. The van der Waals surface area contributed by atoms with Crippen LogP contribution in [0.2, 0.25) is 0 Å². The topological polar surface area (TPSA) is 144 Å². The quantitative estimate of drug-likeness (QED) is 0.710. The third kappa shape index (κ3) is 1.61. The molecule has 0 aromatic rings. The highest BCUT2D eigenvalue weighted by atomic mass is 16.6. The minimum Gasteiger partial charge on any atom is -0.368 e. The zero-order valence-electron chi connectivity index (χ0n) is 11.7. The fourth-order valence-corrected chi connectivity index (χ4v) is 3.78. The lowest BCUT2D eigenvalue weighted by Gasteiger charge is -2.56. The molecular formula is C14H16N4O3. The van der Waals surface area contributed by atoms with Crippen LogP contribution < -0.4 is 5.73 Å². The van der Waals surface area contributed by atoms with Crippen LogP contribution in [0.15, 0.2) is 0 Å². The standard InChI is InChI=1S/C14H16N4O3/c1-9-12(6-15,7-16)13(8-17,11(18)19)10-4-2-3-5-14(10,20)21-9/h9-10,20H,2-5H2,1H3,(H2,18,19)/t9-,10+,13-,14+/m1/s1. The number of nitrogens with two attached hydrogens (primary N) is 1. The van der Waals surface area contributed by atoms with Crippen LogP contribution in [-0.2, 0) is 9.53 Å². The van der Waals surface area contributed by atoms with E-state index in [0.717, 1.165) is 0 Å². The molecule has 1 amide bonds. The summed E-state index contributed by atoms with van der Waals surface area (Å²) < 4.78 is 5.53. The lowest BCUT2D eigenvalue weighted by molar-refractivity contribution is -0.332. The number of hydrogen-bond donors (Lipinski definition) is 2. The number of nitriles is 3. The highest BCUT2D eigenvalue weighted by molar-refractivity contribution is 5.87. The molecule has 0 bridgehead atoms. The summed E-state index contributed by atoms with van der Waals surface area (Å²) in [5.74, 6) is -3.76. The number of ether oxygens (including phenoxy) is 1. The maximum absolute atomic E-state index is 12.1. The molecule has 110 valence electrons. The number of carbonyl (C=O) groups excluding carboxylic acids is 1. The number of rotatable bonds is 1. The van der Waals surface area contributed by atoms with Crippen molar-refractivity contribution in [2.24, 2.45) is 22.5 Å². The van der Waals surface area contributed by atoms with Crippen LogP contribution in [-0.4, -0.2) is 22.9 Å². The molecule has 0 aromatic carbocycles. The van der Waals surface area contributed by atoms with Crippen molar-refractivity contribution in [1.82, 2.24) is 0 Å². The summed E-state index contributed by atoms with van der Waals surface area (Å²) >= 11 is 0. The number of primary amides is 1. The third-order valence-corrected chi connectivity index (χ3v) is 4.88. The molecule has 3 N–H and O–H groups in total. The number of amides is 1. The van der Waals surface area contributed by atoms with E-state index in [1.165, 1.54) is 6.92 Å². The van der Waals surface area contributed by atoms with E-state index in [2.05, 4.69) is 0 Å². The van der Waals surface area contributed by atoms with Crippen LogP contribution in [0.25, 0.3) is 0 Å². The Morgan fingerprint density at radius 2 is 1.90 bits per heavy atom. The highest BCUT2D eigenvalue weighted by Gasteiger charge is 2.73. The SMILES string of the molecule is C[C@H]1O[C@@]2(O)CCCC[C@H]2[C@](C#N)(C(N)=O)C1(C#N)C#N. The minimum atomic E-state index is -2.09. The summed E-state index contributed by atoms with van der Waals surface area (Å²) in [6, 6.07) is 5.34. The van der Waals surface area contributed by atoms with Gasteiger partial charge in [0.15, 0.2) is 16.6 Å². The number of nitrogens with zero attached hydrogens (tertiary/aromatic N) is 3. The van der Waals surface area contributed by atoms with E-state index < -0.39 is 34.5 Å². The average molecular weight is 288 g/mol. The van der Waals surface area contributed by atoms with Gasteiger partial charge >= 0.3 is 0 Å². The van der Waals surface area contributed by atoms with Crippen LogP contribution in [0.4, 0.5) is 0 Å². The van der Waals surface area contributed by atoms with Gasteiger partial charge in [-0.15, -0.1) is 0 Å². The van der Waals surface area contributed by atoms with E-state index in [9.17, 15) is 25.7 Å². The predicted octanol–water partition coefficient (Wildman–Crippen LogP) is 0.313. The van der Waals surface area contributed by atoms with Gasteiger partial charge in [0.1, 0.15) is 0 Å². The second-order valence-electron chi connectivity index (χ2n) is 5.72. The van der Waals surface area contributed by atoms with Crippen LogP contribution in [0.1, 0.15) is 32.6 Å². The molecule has 1 saturated heterocycles. The molecule has 2 rings (SSSR count). The summed E-state index contributed by atoms with van der Waals surface area (Å²) in [7, 11) is 0. The van der Waals surface area contributed by atoms with Crippen LogP contribution in [0.3, 0.4) is 0 Å². The van der Waals surface area contributed by atoms with Crippen LogP contribution >= 0.6 is 0 Å². The highest BCUT2D eigenvalue weighted by Crippen LogP contribution is 2.59. The molecule has 1 heterocycles. The number of aliphatic hydroxyl groups is 1. The number of carbonyl (C=O) groups is 1. The second kappa shape index (κ2) is 4.70. The van der Waals surface area contributed by atoms with E-state index in [1.807, 2.05) is 0 Å². The first-order chi connectivity index (χ1) is 9.84. The van der Waals surface area contributed by atoms with Crippen molar-refractivity contribution in [3.8, 4) is 18.2 Å². The van der Waals surface area contributed by atoms with Gasteiger partial charge in [-0.25, -0.2) is 0 Å². The van der Waals surface area contributed by atoms with Crippen molar-refractivity contribution in [2.75, 3.05) is 0 Å². The van der Waals surface area contributed by atoms with Crippen molar-refractivity contribution < 1.29 is 14.6 Å². The van der Waals surface area contributed by atoms with Gasteiger partial charge in [0.25, 0.3) is 0 Å². The molecule has 2 fully saturated rings. The molecule has 7 nitrogen and oxygen atoms in total. The molecule has 1 aliphatic carbocycles. The monoisotopic (exact) mass is 288 g/mol.